The minimum Gasteiger partial charge on any atom is -0.337 e. The topological polar surface area (TPSA) is 40.6 Å². The highest BCUT2D eigenvalue weighted by molar-refractivity contribution is 6.36. The summed E-state index contributed by atoms with van der Waals surface area (Å²) in [5, 5.41) is 0. The molecule has 0 N–H and O–H groups in total. The van der Waals surface area contributed by atoms with Gasteiger partial charge in [0.1, 0.15) is 17.3 Å². The Morgan fingerprint density at radius 1 is 0.806 bits per heavy atom. The van der Waals surface area contributed by atoms with E-state index in [0.29, 0.717) is 12.1 Å². The van der Waals surface area contributed by atoms with Gasteiger partial charge in [0.05, 0.1) is 12.1 Å². The quantitative estimate of drug-likeness (QED) is 0.542. The number of nitrogens with zero attached hydrogens (tertiary/aromatic N) is 2. The van der Waals surface area contributed by atoms with Crippen molar-refractivity contribution < 1.29 is 18.4 Å². The van der Waals surface area contributed by atoms with Crippen LogP contribution >= 0.6 is 0 Å². The highest BCUT2D eigenvalue weighted by Crippen LogP contribution is 2.35. The number of halogens is 2. The minimum atomic E-state index is -0.538. The summed E-state index contributed by atoms with van der Waals surface area (Å²) in [6, 6.07) is 20.7. The van der Waals surface area contributed by atoms with E-state index in [2.05, 4.69) is 0 Å². The van der Waals surface area contributed by atoms with Crippen LogP contribution in [0.4, 0.5) is 14.5 Å². The van der Waals surface area contributed by atoms with E-state index >= 15 is 0 Å². The smallest absolute Gasteiger partial charge is 0.278 e. The molecule has 3 aromatic carbocycles. The Kier molecular flexibility index (Phi) is 5.62. The Hall–Kier alpha value is -3.80. The van der Waals surface area contributed by atoms with Crippen LogP contribution in [0.2, 0.25) is 0 Å². The number of carbonyl (C=O) groups is 2. The summed E-state index contributed by atoms with van der Waals surface area (Å²) in [6.07, 6.45) is 0. The lowest BCUT2D eigenvalue weighted by Crippen LogP contribution is -2.35. The molecule has 0 spiro atoms. The fraction of sp³-hybridized carbons (Fsp3) is 0.120. The number of hydrogen-bond acceptors (Lipinski definition) is 3. The molecular formula is C25H20F2N2O2. The van der Waals surface area contributed by atoms with Crippen molar-refractivity contribution in [2.75, 3.05) is 11.4 Å². The van der Waals surface area contributed by atoms with Crippen LogP contribution in [0.1, 0.15) is 18.1 Å². The summed E-state index contributed by atoms with van der Waals surface area (Å²) >= 11 is 0. The van der Waals surface area contributed by atoms with Crippen LogP contribution in [0.3, 0.4) is 0 Å². The van der Waals surface area contributed by atoms with Gasteiger partial charge in [-0.1, -0.05) is 48.5 Å². The third-order valence-corrected chi connectivity index (χ3v) is 5.22. The number of carbonyl (C=O) groups excluding carboxylic acids is 2. The van der Waals surface area contributed by atoms with Gasteiger partial charge in [0.2, 0.25) is 0 Å². The SMILES string of the molecule is CCN(C1=C(c2ccc(F)cc2)C(=O)N(Cc2ccccc2F)C1=O)c1ccccc1. The Balaban J connectivity index is 1.83. The van der Waals surface area contributed by atoms with Crippen molar-refractivity contribution in [2.24, 2.45) is 0 Å². The van der Waals surface area contributed by atoms with Gasteiger partial charge in [-0.25, -0.2) is 8.78 Å². The van der Waals surface area contributed by atoms with Gasteiger partial charge in [0, 0.05) is 17.8 Å². The number of para-hydroxylation sites is 1. The third-order valence-electron chi connectivity index (χ3n) is 5.22. The molecule has 0 atom stereocenters. The number of imide groups is 1. The van der Waals surface area contributed by atoms with Gasteiger partial charge in [-0.05, 0) is 42.8 Å². The first-order valence-electron chi connectivity index (χ1n) is 9.93. The van der Waals surface area contributed by atoms with E-state index < -0.39 is 23.4 Å². The maximum atomic E-state index is 14.2. The molecule has 156 valence electrons. The van der Waals surface area contributed by atoms with Crippen LogP contribution in [0.25, 0.3) is 5.57 Å². The molecule has 3 aromatic rings. The summed E-state index contributed by atoms with van der Waals surface area (Å²) in [4.78, 5) is 29.6. The predicted octanol–water partition coefficient (Wildman–Crippen LogP) is 4.77. The second kappa shape index (κ2) is 8.52. The Morgan fingerprint density at radius 2 is 1.45 bits per heavy atom. The zero-order valence-corrected chi connectivity index (χ0v) is 16.9. The molecule has 1 aliphatic heterocycles. The van der Waals surface area contributed by atoms with Crippen molar-refractivity contribution in [1.82, 2.24) is 4.90 Å². The van der Waals surface area contributed by atoms with Gasteiger partial charge in [0.25, 0.3) is 11.8 Å². The number of rotatable bonds is 6. The van der Waals surface area contributed by atoms with Crippen LogP contribution < -0.4 is 4.90 Å². The lowest BCUT2D eigenvalue weighted by atomic mass is 10.0. The first-order chi connectivity index (χ1) is 15.0. The highest BCUT2D eigenvalue weighted by atomic mass is 19.1. The summed E-state index contributed by atoms with van der Waals surface area (Å²) in [5.41, 5.74) is 1.79. The zero-order valence-electron chi connectivity index (χ0n) is 16.9. The van der Waals surface area contributed by atoms with Crippen LogP contribution in [-0.4, -0.2) is 23.3 Å². The van der Waals surface area contributed by atoms with Crippen molar-refractivity contribution in [3.8, 4) is 0 Å². The average molecular weight is 418 g/mol. The van der Waals surface area contributed by atoms with E-state index in [4.69, 9.17) is 0 Å². The Labute approximate surface area is 179 Å². The zero-order chi connectivity index (χ0) is 22.0. The highest BCUT2D eigenvalue weighted by Gasteiger charge is 2.41. The molecule has 0 aliphatic carbocycles. The van der Waals surface area contributed by atoms with E-state index in [1.165, 1.54) is 30.3 Å². The van der Waals surface area contributed by atoms with Gasteiger partial charge in [-0.2, -0.15) is 0 Å². The molecule has 0 unspecified atom stereocenters. The van der Waals surface area contributed by atoms with Crippen molar-refractivity contribution in [2.45, 2.75) is 13.5 Å². The van der Waals surface area contributed by atoms with Gasteiger partial charge < -0.3 is 4.90 Å². The molecule has 0 bridgehead atoms. The molecule has 1 aliphatic rings. The van der Waals surface area contributed by atoms with Crippen molar-refractivity contribution in [3.05, 3.63) is 107 Å². The number of amides is 2. The summed E-state index contributed by atoms with van der Waals surface area (Å²) < 4.78 is 27.7. The standard InChI is InChI=1S/C25H20F2N2O2/c1-2-28(20-9-4-3-5-10-20)23-22(17-12-14-19(26)15-13-17)24(30)29(25(23)31)16-18-8-6-7-11-21(18)27/h3-15H,2,16H2,1H3. The fourth-order valence-electron chi connectivity index (χ4n) is 3.71. The monoisotopic (exact) mass is 418 g/mol. The lowest BCUT2D eigenvalue weighted by Gasteiger charge is -2.25. The summed E-state index contributed by atoms with van der Waals surface area (Å²) in [6.45, 7) is 2.11. The molecular weight excluding hydrogens is 398 g/mol. The molecule has 0 aromatic heterocycles. The van der Waals surface area contributed by atoms with Crippen molar-refractivity contribution >= 4 is 23.1 Å². The predicted molar refractivity (Wildman–Crippen MR) is 115 cm³/mol. The minimum absolute atomic E-state index is 0.173. The number of benzene rings is 3. The second-order valence-electron chi connectivity index (χ2n) is 7.10. The molecule has 0 fully saturated rings. The average Bonchev–Trinajstić information content (AvgIpc) is 3.02. The molecule has 1 heterocycles. The van der Waals surface area contributed by atoms with Gasteiger partial charge >= 0.3 is 0 Å². The molecule has 2 amide bonds. The third kappa shape index (κ3) is 3.84. The van der Waals surface area contributed by atoms with E-state index in [1.807, 2.05) is 37.3 Å². The molecule has 31 heavy (non-hydrogen) atoms. The molecule has 0 saturated heterocycles. The number of hydrogen-bond donors (Lipinski definition) is 0. The lowest BCUT2D eigenvalue weighted by molar-refractivity contribution is -0.137. The summed E-state index contributed by atoms with van der Waals surface area (Å²) in [7, 11) is 0. The van der Waals surface area contributed by atoms with E-state index in [-0.39, 0.29) is 23.4 Å². The molecule has 6 heteroatoms. The van der Waals surface area contributed by atoms with Gasteiger partial charge in [-0.15, -0.1) is 0 Å². The van der Waals surface area contributed by atoms with Crippen molar-refractivity contribution in [3.63, 3.8) is 0 Å². The van der Waals surface area contributed by atoms with E-state index in [0.717, 1.165) is 10.6 Å². The van der Waals surface area contributed by atoms with Crippen molar-refractivity contribution in [1.29, 1.82) is 0 Å². The van der Waals surface area contributed by atoms with Gasteiger partial charge in [-0.3, -0.25) is 14.5 Å². The maximum absolute atomic E-state index is 14.2. The first kappa shape index (κ1) is 20.5. The van der Waals surface area contributed by atoms with Crippen LogP contribution in [-0.2, 0) is 16.1 Å². The van der Waals surface area contributed by atoms with E-state index in [1.54, 1.807) is 23.1 Å². The molecule has 4 nitrogen and oxygen atoms in total. The fourth-order valence-corrected chi connectivity index (χ4v) is 3.71. The molecule has 0 radical (unpaired) electrons. The normalized spacial score (nSPS) is 13.8. The molecule has 0 saturated carbocycles. The van der Waals surface area contributed by atoms with Crippen LogP contribution in [0.5, 0.6) is 0 Å². The number of likely N-dealkylation sites (N-methyl/N-ethyl adjacent to an activating group) is 1. The largest absolute Gasteiger partial charge is 0.337 e. The maximum Gasteiger partial charge on any atom is 0.278 e. The van der Waals surface area contributed by atoms with Crippen LogP contribution in [0, 0.1) is 11.6 Å². The second-order valence-corrected chi connectivity index (χ2v) is 7.10. The number of anilines is 1. The van der Waals surface area contributed by atoms with E-state index in [9.17, 15) is 18.4 Å². The molecule has 4 rings (SSSR count). The Bertz CT molecular complexity index is 1160. The van der Waals surface area contributed by atoms with Crippen LogP contribution in [0.15, 0.2) is 84.6 Å². The Morgan fingerprint density at radius 3 is 2.10 bits per heavy atom. The first-order valence-corrected chi connectivity index (χ1v) is 9.93. The summed E-state index contributed by atoms with van der Waals surface area (Å²) in [5.74, 6) is -1.99. The van der Waals surface area contributed by atoms with Gasteiger partial charge in [0.15, 0.2) is 0 Å².